The number of H-pyrrole nitrogens is 1. The number of anilines is 2. The van der Waals surface area contributed by atoms with E-state index in [0.717, 1.165) is 11.4 Å². The number of hydrogen-bond acceptors (Lipinski definition) is 3. The van der Waals surface area contributed by atoms with Crippen molar-refractivity contribution in [2.75, 3.05) is 5.32 Å². The summed E-state index contributed by atoms with van der Waals surface area (Å²) in [5.41, 5.74) is 1.61. The van der Waals surface area contributed by atoms with Crippen LogP contribution in [0.1, 0.15) is 25.5 Å². The van der Waals surface area contributed by atoms with Gasteiger partial charge in [0.1, 0.15) is 3.57 Å². The van der Waals surface area contributed by atoms with Crippen molar-refractivity contribution in [3.05, 3.63) is 49.9 Å². The fourth-order valence-electron chi connectivity index (χ4n) is 1.58. The largest absolute Gasteiger partial charge is 0.326 e. The number of halogens is 1. The Morgan fingerprint density at radius 3 is 2.56 bits per heavy atom. The predicted octanol–water partition coefficient (Wildman–Crippen LogP) is 3.24. The number of benzene rings is 1. The third-order valence-electron chi connectivity index (χ3n) is 2.47. The van der Waals surface area contributed by atoms with Crippen LogP contribution in [0.4, 0.5) is 11.6 Å². The first-order valence-corrected chi connectivity index (χ1v) is 6.77. The zero-order valence-corrected chi connectivity index (χ0v) is 12.4. The van der Waals surface area contributed by atoms with E-state index in [0.29, 0.717) is 9.52 Å². The Morgan fingerprint density at radius 1 is 1.28 bits per heavy atom. The van der Waals surface area contributed by atoms with Gasteiger partial charge in [-0.2, -0.15) is 0 Å². The smallest absolute Gasteiger partial charge is 0.266 e. The zero-order valence-electron chi connectivity index (χ0n) is 10.2. The molecule has 2 rings (SSSR count). The van der Waals surface area contributed by atoms with Crippen LogP contribution in [0.5, 0.6) is 0 Å². The highest BCUT2D eigenvalue weighted by Gasteiger charge is 2.12. The molecule has 0 bridgehead atoms. The van der Waals surface area contributed by atoms with Crippen molar-refractivity contribution in [2.24, 2.45) is 0 Å². The molecule has 0 spiro atoms. The fraction of sp³-hybridized carbons (Fsp3) is 0.231. The molecule has 0 atom stereocenters. The number of aromatic amines is 1. The van der Waals surface area contributed by atoms with Crippen LogP contribution in [0.25, 0.3) is 0 Å². The van der Waals surface area contributed by atoms with Crippen LogP contribution in [0, 0.1) is 3.57 Å². The summed E-state index contributed by atoms with van der Waals surface area (Å²) in [6.07, 6.45) is 0. The van der Waals surface area contributed by atoms with Crippen LogP contribution in [-0.4, -0.2) is 9.97 Å². The van der Waals surface area contributed by atoms with Crippen LogP contribution in [0.3, 0.4) is 0 Å². The summed E-state index contributed by atoms with van der Waals surface area (Å²) in [7, 11) is 0. The maximum absolute atomic E-state index is 11.8. The van der Waals surface area contributed by atoms with E-state index in [1.807, 2.05) is 66.8 Å². The van der Waals surface area contributed by atoms with Crippen molar-refractivity contribution < 1.29 is 0 Å². The van der Waals surface area contributed by atoms with Gasteiger partial charge in [-0.15, -0.1) is 0 Å². The summed E-state index contributed by atoms with van der Waals surface area (Å²) < 4.78 is 0.654. The standard InChI is InChI=1S/C13H14IN3O/c1-8(2)11-10(14)12(18)17-13(16-11)15-9-6-4-3-5-7-9/h3-8H,1-2H3,(H2,15,16,17,18). The Labute approximate surface area is 119 Å². The summed E-state index contributed by atoms with van der Waals surface area (Å²) >= 11 is 2.03. The second-order valence-electron chi connectivity index (χ2n) is 4.26. The summed E-state index contributed by atoms with van der Waals surface area (Å²) in [6.45, 7) is 4.05. The van der Waals surface area contributed by atoms with Crippen LogP contribution in [-0.2, 0) is 0 Å². The number of nitrogens with one attached hydrogen (secondary N) is 2. The minimum absolute atomic E-state index is 0.104. The van der Waals surface area contributed by atoms with Crippen molar-refractivity contribution in [2.45, 2.75) is 19.8 Å². The summed E-state index contributed by atoms with van der Waals surface area (Å²) in [5, 5.41) is 3.10. The molecule has 0 aliphatic rings. The van der Waals surface area contributed by atoms with E-state index in [1.165, 1.54) is 0 Å². The number of nitrogens with zero attached hydrogens (tertiary/aromatic N) is 1. The van der Waals surface area contributed by atoms with Gasteiger partial charge in [0.05, 0.1) is 5.69 Å². The Bertz CT molecular complexity index is 593. The van der Waals surface area contributed by atoms with Gasteiger partial charge in [-0.05, 0) is 40.6 Å². The molecule has 1 heterocycles. The Kier molecular flexibility index (Phi) is 4.00. The Hall–Kier alpha value is -1.37. The van der Waals surface area contributed by atoms with Gasteiger partial charge in [-0.3, -0.25) is 9.78 Å². The molecule has 0 unspecified atom stereocenters. The highest BCUT2D eigenvalue weighted by molar-refractivity contribution is 14.1. The third kappa shape index (κ3) is 2.90. The minimum atomic E-state index is -0.104. The highest BCUT2D eigenvalue weighted by Crippen LogP contribution is 2.18. The van der Waals surface area contributed by atoms with E-state index in [2.05, 4.69) is 15.3 Å². The average Bonchev–Trinajstić information content (AvgIpc) is 2.34. The molecule has 0 amide bonds. The lowest BCUT2D eigenvalue weighted by atomic mass is 10.1. The summed E-state index contributed by atoms with van der Waals surface area (Å²) in [5.74, 6) is 0.700. The van der Waals surface area contributed by atoms with Crippen molar-refractivity contribution in [3.63, 3.8) is 0 Å². The molecule has 18 heavy (non-hydrogen) atoms. The van der Waals surface area contributed by atoms with Gasteiger partial charge in [0.15, 0.2) is 0 Å². The van der Waals surface area contributed by atoms with Crippen molar-refractivity contribution in [3.8, 4) is 0 Å². The summed E-state index contributed by atoms with van der Waals surface area (Å²) in [6, 6.07) is 9.64. The van der Waals surface area contributed by atoms with Crippen molar-refractivity contribution in [1.82, 2.24) is 9.97 Å². The lowest BCUT2D eigenvalue weighted by Gasteiger charge is -2.10. The second kappa shape index (κ2) is 5.51. The summed E-state index contributed by atoms with van der Waals surface area (Å²) in [4.78, 5) is 19.0. The predicted molar refractivity (Wildman–Crippen MR) is 81.4 cm³/mol. The molecule has 5 heteroatoms. The van der Waals surface area contributed by atoms with Crippen LogP contribution < -0.4 is 10.9 Å². The number of aromatic nitrogens is 2. The zero-order chi connectivity index (χ0) is 13.1. The van der Waals surface area contributed by atoms with Gasteiger partial charge in [-0.25, -0.2) is 4.98 Å². The average molecular weight is 355 g/mol. The molecule has 0 fully saturated rings. The fourth-order valence-corrected chi connectivity index (χ4v) is 2.45. The quantitative estimate of drug-likeness (QED) is 0.832. The van der Waals surface area contributed by atoms with E-state index in [4.69, 9.17) is 0 Å². The molecule has 1 aromatic heterocycles. The minimum Gasteiger partial charge on any atom is -0.326 e. The van der Waals surface area contributed by atoms with E-state index < -0.39 is 0 Å². The molecule has 2 aromatic rings. The molecular formula is C13H14IN3O. The van der Waals surface area contributed by atoms with E-state index in [9.17, 15) is 4.79 Å². The van der Waals surface area contributed by atoms with Gasteiger partial charge >= 0.3 is 0 Å². The van der Waals surface area contributed by atoms with Gasteiger partial charge in [0.25, 0.3) is 5.56 Å². The molecule has 4 nitrogen and oxygen atoms in total. The Balaban J connectivity index is 2.38. The molecule has 0 aliphatic heterocycles. The first-order valence-electron chi connectivity index (χ1n) is 5.69. The van der Waals surface area contributed by atoms with Gasteiger partial charge in [0, 0.05) is 5.69 Å². The van der Waals surface area contributed by atoms with Crippen molar-refractivity contribution >= 4 is 34.2 Å². The SMILES string of the molecule is CC(C)c1nc(Nc2ccccc2)[nH]c(=O)c1I. The van der Waals surface area contributed by atoms with Gasteiger partial charge < -0.3 is 5.32 Å². The lowest BCUT2D eigenvalue weighted by molar-refractivity contribution is 0.803. The van der Waals surface area contributed by atoms with E-state index >= 15 is 0 Å². The van der Waals surface area contributed by atoms with Gasteiger partial charge in [-0.1, -0.05) is 32.0 Å². The second-order valence-corrected chi connectivity index (χ2v) is 5.34. The first-order chi connectivity index (χ1) is 8.58. The maximum atomic E-state index is 11.8. The molecule has 0 saturated carbocycles. The topological polar surface area (TPSA) is 57.8 Å². The van der Waals surface area contributed by atoms with E-state index in [1.54, 1.807) is 0 Å². The number of hydrogen-bond donors (Lipinski definition) is 2. The highest BCUT2D eigenvalue weighted by atomic mass is 127. The molecule has 0 saturated heterocycles. The first kappa shape index (κ1) is 13.1. The normalized spacial score (nSPS) is 10.7. The maximum Gasteiger partial charge on any atom is 0.266 e. The molecular weight excluding hydrogens is 341 g/mol. The lowest BCUT2D eigenvalue weighted by Crippen LogP contribution is -2.18. The molecule has 94 valence electrons. The number of para-hydroxylation sites is 1. The van der Waals surface area contributed by atoms with Crippen molar-refractivity contribution in [1.29, 1.82) is 0 Å². The number of rotatable bonds is 3. The molecule has 0 aliphatic carbocycles. The Morgan fingerprint density at radius 2 is 1.94 bits per heavy atom. The van der Waals surface area contributed by atoms with E-state index in [-0.39, 0.29) is 11.5 Å². The van der Waals surface area contributed by atoms with Crippen LogP contribution in [0.2, 0.25) is 0 Å². The van der Waals surface area contributed by atoms with Crippen LogP contribution in [0.15, 0.2) is 35.1 Å². The molecule has 2 N–H and O–H groups in total. The van der Waals surface area contributed by atoms with Crippen LogP contribution >= 0.6 is 22.6 Å². The molecule has 0 radical (unpaired) electrons. The molecule has 1 aromatic carbocycles. The monoisotopic (exact) mass is 355 g/mol. The third-order valence-corrected chi connectivity index (χ3v) is 3.51. The van der Waals surface area contributed by atoms with Gasteiger partial charge in [0.2, 0.25) is 5.95 Å².